The third-order valence-corrected chi connectivity index (χ3v) is 3.87. The molecule has 1 unspecified atom stereocenters. The molecule has 1 saturated heterocycles. The molecule has 1 fully saturated rings. The zero-order valence-electron chi connectivity index (χ0n) is 12.3. The molecule has 1 atom stereocenters. The van der Waals surface area contributed by atoms with Gasteiger partial charge in [0.25, 0.3) is 0 Å². The van der Waals surface area contributed by atoms with E-state index in [1.807, 2.05) is 13.8 Å². The van der Waals surface area contributed by atoms with Crippen LogP contribution in [0.15, 0.2) is 0 Å². The summed E-state index contributed by atoms with van der Waals surface area (Å²) in [6.45, 7) is 3.21. The summed E-state index contributed by atoms with van der Waals surface area (Å²) in [4.78, 5) is 13.5. The van der Waals surface area contributed by atoms with Crippen LogP contribution in [0.1, 0.15) is 52.4 Å². The molecule has 0 aromatic rings. The van der Waals surface area contributed by atoms with Crippen molar-refractivity contribution >= 4 is 5.91 Å². The molecular formula is C14H25F3N2O. The summed E-state index contributed by atoms with van der Waals surface area (Å²) in [5, 5.41) is 3.09. The normalized spacial score (nSPS) is 20.8. The van der Waals surface area contributed by atoms with Crippen molar-refractivity contribution in [3.05, 3.63) is 0 Å². The maximum atomic E-state index is 12.7. The summed E-state index contributed by atoms with van der Waals surface area (Å²) in [5.41, 5.74) is 0. The van der Waals surface area contributed by atoms with E-state index in [0.717, 1.165) is 24.2 Å². The highest BCUT2D eigenvalue weighted by Crippen LogP contribution is 2.22. The van der Waals surface area contributed by atoms with Crippen LogP contribution in [0.4, 0.5) is 13.2 Å². The second kappa shape index (κ2) is 7.86. The van der Waals surface area contributed by atoms with Crippen LogP contribution in [-0.2, 0) is 4.79 Å². The Morgan fingerprint density at radius 3 is 2.45 bits per heavy atom. The Morgan fingerprint density at radius 1 is 1.25 bits per heavy atom. The van der Waals surface area contributed by atoms with Gasteiger partial charge in [0.1, 0.15) is 6.54 Å². The molecule has 0 radical (unpaired) electrons. The van der Waals surface area contributed by atoms with E-state index in [4.69, 9.17) is 0 Å². The van der Waals surface area contributed by atoms with Gasteiger partial charge in [-0.2, -0.15) is 13.2 Å². The lowest BCUT2D eigenvalue weighted by Crippen LogP contribution is -2.52. The molecule has 1 rings (SSSR count). The summed E-state index contributed by atoms with van der Waals surface area (Å²) >= 11 is 0. The molecule has 0 aromatic heterocycles. The Hall–Kier alpha value is -0.780. The van der Waals surface area contributed by atoms with Gasteiger partial charge in [-0.05, 0) is 32.2 Å². The quantitative estimate of drug-likeness (QED) is 0.845. The number of halogens is 3. The van der Waals surface area contributed by atoms with Gasteiger partial charge in [0.2, 0.25) is 5.91 Å². The largest absolute Gasteiger partial charge is 0.406 e. The van der Waals surface area contributed by atoms with Crippen molar-refractivity contribution < 1.29 is 18.0 Å². The minimum absolute atomic E-state index is 0.339. The van der Waals surface area contributed by atoms with Gasteiger partial charge in [0.15, 0.2) is 0 Å². The minimum atomic E-state index is -4.34. The van der Waals surface area contributed by atoms with E-state index in [1.165, 1.54) is 0 Å². The van der Waals surface area contributed by atoms with Crippen LogP contribution in [0.25, 0.3) is 0 Å². The maximum absolute atomic E-state index is 12.7. The highest BCUT2D eigenvalue weighted by molar-refractivity contribution is 5.82. The second-order valence-corrected chi connectivity index (χ2v) is 5.41. The molecular weight excluding hydrogens is 269 g/mol. The van der Waals surface area contributed by atoms with Gasteiger partial charge < -0.3 is 10.2 Å². The summed E-state index contributed by atoms with van der Waals surface area (Å²) in [5.74, 6) is -0.391. The molecule has 118 valence electrons. The maximum Gasteiger partial charge on any atom is 0.406 e. The first-order valence-electron chi connectivity index (χ1n) is 7.49. The van der Waals surface area contributed by atoms with E-state index in [1.54, 1.807) is 0 Å². The smallest absolute Gasteiger partial charge is 0.329 e. The lowest BCUT2D eigenvalue weighted by molar-refractivity contribution is -0.167. The van der Waals surface area contributed by atoms with E-state index >= 15 is 0 Å². The number of nitrogens with one attached hydrogen (secondary N) is 1. The SMILES string of the molecule is CCC(CC)N(CC(F)(F)F)C(=O)C1CCCCCN1. The van der Waals surface area contributed by atoms with Gasteiger partial charge in [0, 0.05) is 6.04 Å². The fourth-order valence-corrected chi connectivity index (χ4v) is 2.75. The first-order chi connectivity index (χ1) is 9.39. The number of nitrogens with zero attached hydrogens (tertiary/aromatic N) is 1. The summed E-state index contributed by atoms with van der Waals surface area (Å²) in [7, 11) is 0. The topological polar surface area (TPSA) is 32.3 Å². The van der Waals surface area contributed by atoms with Crippen molar-refractivity contribution in [1.29, 1.82) is 0 Å². The molecule has 20 heavy (non-hydrogen) atoms. The highest BCUT2D eigenvalue weighted by atomic mass is 19.4. The third-order valence-electron chi connectivity index (χ3n) is 3.87. The summed E-state index contributed by atoms with van der Waals surface area (Å²) in [6, 6.07) is -0.797. The number of hydrogen-bond donors (Lipinski definition) is 1. The van der Waals surface area contributed by atoms with Crippen molar-refractivity contribution in [3.63, 3.8) is 0 Å². The highest BCUT2D eigenvalue weighted by Gasteiger charge is 2.37. The van der Waals surface area contributed by atoms with E-state index in [2.05, 4.69) is 5.32 Å². The van der Waals surface area contributed by atoms with Crippen LogP contribution in [0, 0.1) is 0 Å². The van der Waals surface area contributed by atoms with E-state index in [-0.39, 0.29) is 6.04 Å². The van der Waals surface area contributed by atoms with Crippen LogP contribution in [0.2, 0.25) is 0 Å². The second-order valence-electron chi connectivity index (χ2n) is 5.41. The Morgan fingerprint density at radius 2 is 1.90 bits per heavy atom. The lowest BCUT2D eigenvalue weighted by Gasteiger charge is -2.34. The Balaban J connectivity index is 2.81. The van der Waals surface area contributed by atoms with Gasteiger partial charge in [-0.3, -0.25) is 4.79 Å². The zero-order chi connectivity index (χ0) is 15.2. The van der Waals surface area contributed by atoms with Crippen LogP contribution in [0.5, 0.6) is 0 Å². The van der Waals surface area contributed by atoms with E-state index in [9.17, 15) is 18.0 Å². The zero-order valence-corrected chi connectivity index (χ0v) is 12.3. The molecule has 0 spiro atoms. The van der Waals surface area contributed by atoms with Crippen molar-refractivity contribution in [2.75, 3.05) is 13.1 Å². The van der Waals surface area contributed by atoms with Crippen LogP contribution < -0.4 is 5.32 Å². The Kier molecular flexibility index (Phi) is 6.79. The van der Waals surface area contributed by atoms with Crippen molar-refractivity contribution in [3.8, 4) is 0 Å². The summed E-state index contributed by atoms with van der Waals surface area (Å²) in [6.07, 6.45) is 0.285. The Bertz CT molecular complexity index is 295. The number of rotatable bonds is 5. The van der Waals surface area contributed by atoms with Gasteiger partial charge >= 0.3 is 6.18 Å². The molecule has 1 N–H and O–H groups in total. The van der Waals surface area contributed by atoms with Crippen LogP contribution >= 0.6 is 0 Å². The van der Waals surface area contributed by atoms with Crippen LogP contribution in [0.3, 0.4) is 0 Å². The average molecular weight is 294 g/mol. The molecule has 0 aliphatic carbocycles. The molecule has 0 aromatic carbocycles. The number of hydrogen-bond acceptors (Lipinski definition) is 2. The fraction of sp³-hybridized carbons (Fsp3) is 0.929. The van der Waals surface area contributed by atoms with Crippen LogP contribution in [-0.4, -0.2) is 42.2 Å². The van der Waals surface area contributed by atoms with Gasteiger partial charge in [0.05, 0.1) is 6.04 Å². The van der Waals surface area contributed by atoms with Gasteiger partial charge in [-0.15, -0.1) is 0 Å². The minimum Gasteiger partial charge on any atom is -0.329 e. The van der Waals surface area contributed by atoms with Crippen molar-refractivity contribution in [2.24, 2.45) is 0 Å². The number of carbonyl (C=O) groups is 1. The molecule has 1 aliphatic heterocycles. The summed E-state index contributed by atoms with van der Waals surface area (Å²) < 4.78 is 38.2. The number of carbonyl (C=O) groups excluding carboxylic acids is 1. The van der Waals surface area contributed by atoms with E-state index in [0.29, 0.717) is 25.8 Å². The third kappa shape index (κ3) is 5.31. The average Bonchev–Trinajstić information content (AvgIpc) is 2.65. The molecule has 6 heteroatoms. The van der Waals surface area contributed by atoms with Crippen molar-refractivity contribution in [1.82, 2.24) is 10.2 Å². The number of amides is 1. The predicted molar refractivity (Wildman–Crippen MR) is 72.4 cm³/mol. The molecule has 0 saturated carbocycles. The lowest BCUT2D eigenvalue weighted by atomic mass is 10.1. The van der Waals surface area contributed by atoms with E-state index < -0.39 is 24.7 Å². The van der Waals surface area contributed by atoms with Gasteiger partial charge in [-0.1, -0.05) is 26.7 Å². The molecule has 1 aliphatic rings. The van der Waals surface area contributed by atoms with Gasteiger partial charge in [-0.25, -0.2) is 0 Å². The fourth-order valence-electron chi connectivity index (χ4n) is 2.75. The molecule has 1 heterocycles. The Labute approximate surface area is 118 Å². The predicted octanol–water partition coefficient (Wildman–Crippen LogP) is 3.10. The molecule has 3 nitrogen and oxygen atoms in total. The molecule has 1 amide bonds. The first kappa shape index (κ1) is 17.3. The number of alkyl halides is 3. The van der Waals surface area contributed by atoms with Crippen molar-refractivity contribution in [2.45, 2.75) is 70.6 Å². The monoisotopic (exact) mass is 294 g/mol. The first-order valence-corrected chi connectivity index (χ1v) is 7.49. The standard InChI is InChI=1S/C14H25F3N2O/c1-3-11(4-2)19(10-14(15,16)17)13(20)12-8-6-5-7-9-18-12/h11-12,18H,3-10H2,1-2H3. The molecule has 0 bridgehead atoms.